The maximum absolute atomic E-state index is 7.13. The summed E-state index contributed by atoms with van der Waals surface area (Å²) in [7, 11) is 0. The van der Waals surface area contributed by atoms with Gasteiger partial charge in [-0.15, -0.1) is 0 Å². The molecule has 5 rings (SSSR count). The molecule has 0 saturated carbocycles. The van der Waals surface area contributed by atoms with Crippen molar-refractivity contribution in [1.82, 2.24) is 24.3 Å². The van der Waals surface area contributed by atoms with Gasteiger partial charge in [0.25, 0.3) is 0 Å². The van der Waals surface area contributed by atoms with Crippen LogP contribution in [-0.4, -0.2) is 24.3 Å². The van der Waals surface area contributed by atoms with Gasteiger partial charge in [0, 0.05) is 36.0 Å². The van der Waals surface area contributed by atoms with Crippen LogP contribution in [-0.2, 0) is 12.8 Å². The number of imidazole rings is 1. The van der Waals surface area contributed by atoms with E-state index in [1.165, 1.54) is 5.56 Å². The third-order valence-corrected chi connectivity index (χ3v) is 5.75. The van der Waals surface area contributed by atoms with E-state index in [0.717, 1.165) is 58.0 Å². The summed E-state index contributed by atoms with van der Waals surface area (Å²) >= 11 is 0. The zero-order valence-corrected chi connectivity index (χ0v) is 18.5. The highest BCUT2D eigenvalue weighted by Gasteiger charge is 2.12. The summed E-state index contributed by atoms with van der Waals surface area (Å²) in [5.41, 5.74) is 9.83. The highest BCUT2D eigenvalue weighted by molar-refractivity contribution is 5.67. The molecule has 1 aromatic carbocycles. The van der Waals surface area contributed by atoms with Crippen molar-refractivity contribution in [1.29, 1.82) is 0 Å². The Morgan fingerprint density at radius 2 is 1.70 bits per heavy atom. The highest BCUT2D eigenvalue weighted by atomic mass is 15.0. The minimum absolute atomic E-state index is 0.629. The molecule has 0 aliphatic carbocycles. The minimum Gasteiger partial charge on any atom is -0.297 e. The second kappa shape index (κ2) is 8.64. The van der Waals surface area contributed by atoms with E-state index in [4.69, 9.17) is 11.6 Å². The normalized spacial score (nSPS) is 10.9. The lowest BCUT2D eigenvalue weighted by atomic mass is 10.0. The van der Waals surface area contributed by atoms with Crippen LogP contribution < -0.4 is 0 Å². The summed E-state index contributed by atoms with van der Waals surface area (Å²) in [5, 5.41) is 0. The minimum atomic E-state index is 0.629. The Kier molecular flexibility index (Phi) is 5.37. The Morgan fingerprint density at radius 3 is 2.45 bits per heavy atom. The summed E-state index contributed by atoms with van der Waals surface area (Å²) in [6.45, 7) is 11.2. The van der Waals surface area contributed by atoms with Gasteiger partial charge >= 0.3 is 0 Å². The molecule has 0 atom stereocenters. The first-order chi connectivity index (χ1) is 16.1. The average Bonchev–Trinajstić information content (AvgIpc) is 3.28. The molecule has 4 aromatic heterocycles. The lowest BCUT2D eigenvalue weighted by Crippen LogP contribution is -2.01. The fraction of sp³-hybridized carbons (Fsp3) is 0.148. The fourth-order valence-electron chi connectivity index (χ4n) is 4.10. The van der Waals surface area contributed by atoms with Crippen LogP contribution in [0.1, 0.15) is 22.5 Å². The van der Waals surface area contributed by atoms with Crippen LogP contribution >= 0.6 is 0 Å². The van der Waals surface area contributed by atoms with E-state index in [-0.39, 0.29) is 0 Å². The van der Waals surface area contributed by atoms with Crippen LogP contribution in [0.15, 0.2) is 73.4 Å². The Morgan fingerprint density at radius 1 is 0.848 bits per heavy atom. The second-order valence-corrected chi connectivity index (χ2v) is 8.06. The van der Waals surface area contributed by atoms with Crippen molar-refractivity contribution in [2.45, 2.75) is 26.7 Å². The molecule has 160 valence electrons. The van der Waals surface area contributed by atoms with Gasteiger partial charge in [0.05, 0.1) is 29.9 Å². The van der Waals surface area contributed by atoms with Gasteiger partial charge in [0.1, 0.15) is 0 Å². The maximum Gasteiger partial charge on any atom is 0.187 e. The molecule has 0 aliphatic heterocycles. The third-order valence-electron chi connectivity index (χ3n) is 5.75. The maximum atomic E-state index is 7.13. The quantitative estimate of drug-likeness (QED) is 0.330. The van der Waals surface area contributed by atoms with Crippen molar-refractivity contribution in [3.8, 4) is 22.5 Å². The molecular weight excluding hydrogens is 408 g/mol. The van der Waals surface area contributed by atoms with E-state index in [0.29, 0.717) is 5.69 Å². The number of aryl methyl sites for hydroxylation is 4. The van der Waals surface area contributed by atoms with E-state index in [2.05, 4.69) is 43.3 Å². The number of nitrogens with zero attached hydrogens (tertiary/aromatic N) is 6. The summed E-state index contributed by atoms with van der Waals surface area (Å²) in [6, 6.07) is 13.8. The van der Waals surface area contributed by atoms with Crippen LogP contribution in [0.2, 0.25) is 0 Å². The van der Waals surface area contributed by atoms with E-state index in [1.54, 1.807) is 0 Å². The van der Waals surface area contributed by atoms with Crippen molar-refractivity contribution in [2.75, 3.05) is 0 Å². The smallest absolute Gasteiger partial charge is 0.187 e. The molecule has 6 nitrogen and oxygen atoms in total. The van der Waals surface area contributed by atoms with Gasteiger partial charge in [-0.25, -0.2) is 9.83 Å². The van der Waals surface area contributed by atoms with Gasteiger partial charge in [-0.3, -0.25) is 19.4 Å². The molecular formula is C27H22N6. The van der Waals surface area contributed by atoms with Gasteiger partial charge in [-0.05, 0) is 55.5 Å². The van der Waals surface area contributed by atoms with E-state index >= 15 is 0 Å². The molecule has 4 heterocycles. The lowest BCUT2D eigenvalue weighted by molar-refractivity contribution is 0.895. The molecule has 0 N–H and O–H groups in total. The first kappa shape index (κ1) is 20.5. The molecule has 0 amide bonds. The monoisotopic (exact) mass is 430 g/mol. The number of aromatic nitrogens is 5. The predicted molar refractivity (Wildman–Crippen MR) is 129 cm³/mol. The largest absolute Gasteiger partial charge is 0.297 e. The fourth-order valence-corrected chi connectivity index (χ4v) is 4.10. The Hall–Kier alpha value is -4.37. The van der Waals surface area contributed by atoms with E-state index in [1.807, 2.05) is 68.2 Å². The molecule has 6 heteroatoms. The van der Waals surface area contributed by atoms with Crippen LogP contribution in [0, 0.1) is 20.4 Å². The molecule has 0 aliphatic rings. The molecule has 5 aromatic rings. The van der Waals surface area contributed by atoms with Crippen LogP contribution in [0.3, 0.4) is 0 Å². The number of benzene rings is 1. The van der Waals surface area contributed by atoms with Gasteiger partial charge in [-0.1, -0.05) is 30.3 Å². The molecule has 0 spiro atoms. The van der Waals surface area contributed by atoms with Crippen molar-refractivity contribution in [2.24, 2.45) is 0 Å². The number of rotatable bonds is 5. The topological polar surface area (TPSA) is 60.3 Å². The Labute approximate surface area is 192 Å². The first-order valence-electron chi connectivity index (χ1n) is 10.8. The molecule has 0 radical (unpaired) electrons. The molecule has 0 saturated heterocycles. The summed E-state index contributed by atoms with van der Waals surface area (Å²) in [6.07, 6.45) is 11.0. The zero-order valence-electron chi connectivity index (χ0n) is 18.5. The summed E-state index contributed by atoms with van der Waals surface area (Å²) in [5.74, 6) is 0. The lowest BCUT2D eigenvalue weighted by Gasteiger charge is -2.09. The van der Waals surface area contributed by atoms with Crippen molar-refractivity contribution >= 4 is 11.3 Å². The summed E-state index contributed by atoms with van der Waals surface area (Å²) in [4.78, 5) is 21.7. The SMILES string of the molecule is [C-]#[N+]c1ccc(-c2cnc3c(CCc4cnc(-c5ccnc(C)c5)c(C)c4)nccn23)cc1. The van der Waals surface area contributed by atoms with E-state index < -0.39 is 0 Å². The molecule has 33 heavy (non-hydrogen) atoms. The highest BCUT2D eigenvalue weighted by Crippen LogP contribution is 2.25. The van der Waals surface area contributed by atoms with Crippen molar-refractivity contribution in [3.05, 3.63) is 107 Å². The molecule has 0 unspecified atom stereocenters. The average molecular weight is 431 g/mol. The van der Waals surface area contributed by atoms with Crippen LogP contribution in [0.25, 0.3) is 33.0 Å². The van der Waals surface area contributed by atoms with E-state index in [9.17, 15) is 0 Å². The number of pyridine rings is 2. The third kappa shape index (κ3) is 4.09. The van der Waals surface area contributed by atoms with Crippen LogP contribution in [0.5, 0.6) is 0 Å². The molecule has 0 bridgehead atoms. The van der Waals surface area contributed by atoms with Gasteiger partial charge in [0.15, 0.2) is 11.3 Å². The van der Waals surface area contributed by atoms with Crippen molar-refractivity contribution in [3.63, 3.8) is 0 Å². The van der Waals surface area contributed by atoms with Gasteiger partial charge in [-0.2, -0.15) is 0 Å². The summed E-state index contributed by atoms with van der Waals surface area (Å²) < 4.78 is 2.06. The number of hydrogen-bond donors (Lipinski definition) is 0. The Balaban J connectivity index is 1.38. The first-order valence-corrected chi connectivity index (χ1v) is 10.8. The molecule has 0 fully saturated rings. The van der Waals surface area contributed by atoms with Crippen molar-refractivity contribution < 1.29 is 0 Å². The number of hydrogen-bond acceptors (Lipinski definition) is 4. The zero-order chi connectivity index (χ0) is 22.8. The standard InChI is InChI=1S/C27H22N6/c1-18-14-20(16-31-26(18)22-10-11-29-19(2)15-22)4-9-24-27-32-17-25(33(27)13-12-30-24)21-5-7-23(28-3)8-6-21/h5-8,10-17H,4,9H2,1-2H3. The predicted octanol–water partition coefficient (Wildman–Crippen LogP) is 5.81. The Bertz CT molecular complexity index is 1490. The second-order valence-electron chi connectivity index (χ2n) is 8.06. The van der Waals surface area contributed by atoms with Gasteiger partial charge < -0.3 is 0 Å². The van der Waals surface area contributed by atoms with Crippen LogP contribution in [0.4, 0.5) is 5.69 Å². The number of fused-ring (bicyclic) bond motifs is 1. The van der Waals surface area contributed by atoms with Gasteiger partial charge in [0.2, 0.25) is 0 Å².